The van der Waals surface area contributed by atoms with Crippen LogP contribution in [0.25, 0.3) is 23.0 Å². The Morgan fingerprint density at radius 3 is 1.50 bits per heavy atom. The van der Waals surface area contributed by atoms with E-state index >= 15 is 0 Å². The molecule has 0 N–H and O–H groups in total. The molecule has 0 atom stereocenters. The monoisotopic (exact) mass is 403 g/mol. The van der Waals surface area contributed by atoms with Crippen LogP contribution in [0.4, 0.5) is 0 Å². The topological polar surface area (TPSA) is 48.5 Å². The van der Waals surface area contributed by atoms with Crippen molar-refractivity contribution >= 4 is 0 Å². The van der Waals surface area contributed by atoms with E-state index in [-0.39, 0.29) is 54.0 Å². The summed E-state index contributed by atoms with van der Waals surface area (Å²) in [5, 5.41) is 0. The van der Waals surface area contributed by atoms with Gasteiger partial charge in [0.2, 0.25) is 0 Å². The first-order valence-corrected chi connectivity index (χ1v) is 5.68. The van der Waals surface area contributed by atoms with Crippen LogP contribution in [0.2, 0.25) is 0 Å². The summed E-state index contributed by atoms with van der Waals surface area (Å²) < 4.78 is 3.90. The molecule has 0 amide bonds. The van der Waals surface area contributed by atoms with E-state index in [4.69, 9.17) is 0 Å². The molecule has 3 rings (SSSR count). The van der Waals surface area contributed by atoms with Crippen molar-refractivity contribution in [1.29, 1.82) is 0 Å². The third-order valence-corrected chi connectivity index (χ3v) is 2.85. The van der Waals surface area contributed by atoms with Crippen molar-refractivity contribution in [1.82, 2.24) is 24.1 Å². The van der Waals surface area contributed by atoms with Gasteiger partial charge in [0, 0.05) is 38.9 Å². The summed E-state index contributed by atoms with van der Waals surface area (Å²) in [7, 11) is 3.91. The number of aromatic nitrogens is 5. The SMILES string of the molecule is Cn1ccnc1-c1cccc(-c2nccn2C)n1.[Cl-].[Cl-].[Cl-].[Co+3]. The van der Waals surface area contributed by atoms with Crippen LogP contribution in [0, 0.1) is 0 Å². The van der Waals surface area contributed by atoms with Gasteiger partial charge in [-0.1, -0.05) is 6.07 Å². The molecule has 3 heterocycles. The van der Waals surface area contributed by atoms with Crippen LogP contribution < -0.4 is 37.2 Å². The minimum absolute atomic E-state index is 0. The fourth-order valence-corrected chi connectivity index (χ4v) is 1.91. The Balaban J connectivity index is 0. The standard InChI is InChI=1S/C13H13N5.3ClH.Co/c1-17-8-6-14-12(17)10-4-3-5-11(16-10)13-15-7-9-18(13)2;;;;/h3-9H,1-2H3;3*1H;/q;;;;+3/p-3. The van der Waals surface area contributed by atoms with E-state index in [2.05, 4.69) is 15.0 Å². The largest absolute Gasteiger partial charge is 3.00 e. The van der Waals surface area contributed by atoms with Gasteiger partial charge >= 0.3 is 16.8 Å². The van der Waals surface area contributed by atoms with Gasteiger partial charge in [-0.25, -0.2) is 15.0 Å². The first-order chi connectivity index (χ1) is 8.75. The van der Waals surface area contributed by atoms with Gasteiger partial charge in [-0.3, -0.25) is 0 Å². The molecule has 0 radical (unpaired) electrons. The van der Waals surface area contributed by atoms with E-state index in [0.29, 0.717) is 0 Å². The fourth-order valence-electron chi connectivity index (χ4n) is 1.91. The summed E-state index contributed by atoms with van der Waals surface area (Å²) in [4.78, 5) is 13.2. The average molecular weight is 405 g/mol. The minimum Gasteiger partial charge on any atom is -1.00 e. The van der Waals surface area contributed by atoms with Crippen molar-refractivity contribution in [2.24, 2.45) is 14.1 Å². The zero-order valence-electron chi connectivity index (χ0n) is 11.7. The van der Waals surface area contributed by atoms with Gasteiger partial charge < -0.3 is 46.4 Å². The van der Waals surface area contributed by atoms with Crippen molar-refractivity contribution in [2.45, 2.75) is 0 Å². The second-order valence-corrected chi connectivity index (χ2v) is 4.13. The number of imidazole rings is 2. The first kappa shape index (κ1) is 23.2. The number of hydrogen-bond donors (Lipinski definition) is 0. The first-order valence-electron chi connectivity index (χ1n) is 5.68. The Labute approximate surface area is 158 Å². The molecule has 0 spiro atoms. The van der Waals surface area contributed by atoms with E-state index in [1.165, 1.54) is 0 Å². The quantitative estimate of drug-likeness (QED) is 0.427. The van der Waals surface area contributed by atoms with E-state index in [0.717, 1.165) is 23.0 Å². The van der Waals surface area contributed by atoms with Crippen molar-refractivity contribution < 1.29 is 54.0 Å². The van der Waals surface area contributed by atoms with Crippen LogP contribution in [-0.4, -0.2) is 24.1 Å². The van der Waals surface area contributed by atoms with Crippen molar-refractivity contribution in [3.8, 4) is 23.0 Å². The molecule has 5 nitrogen and oxygen atoms in total. The maximum absolute atomic E-state index is 4.61. The van der Waals surface area contributed by atoms with Gasteiger partial charge in [-0.05, 0) is 12.1 Å². The van der Waals surface area contributed by atoms with Gasteiger partial charge in [-0.15, -0.1) is 0 Å². The summed E-state index contributed by atoms with van der Waals surface area (Å²) in [6.45, 7) is 0. The van der Waals surface area contributed by atoms with Crippen LogP contribution in [0.3, 0.4) is 0 Å². The number of pyridine rings is 1. The third-order valence-electron chi connectivity index (χ3n) is 2.85. The molecule has 0 bridgehead atoms. The van der Waals surface area contributed by atoms with E-state index in [1.807, 2.05) is 53.8 Å². The third kappa shape index (κ3) is 4.47. The molecule has 3 aromatic heterocycles. The van der Waals surface area contributed by atoms with E-state index in [9.17, 15) is 0 Å². The predicted octanol–water partition coefficient (Wildman–Crippen LogP) is -7.11. The molecule has 0 aliphatic heterocycles. The smallest absolute Gasteiger partial charge is 1.00 e. The summed E-state index contributed by atoms with van der Waals surface area (Å²) >= 11 is 0. The molecular weight excluding hydrogens is 391 g/mol. The molecule has 0 fully saturated rings. The number of halogens is 3. The number of rotatable bonds is 2. The summed E-state index contributed by atoms with van der Waals surface area (Å²) in [5.74, 6) is 1.71. The second-order valence-electron chi connectivity index (χ2n) is 4.13. The Kier molecular flexibility index (Phi) is 10.4. The van der Waals surface area contributed by atoms with Crippen LogP contribution in [0.5, 0.6) is 0 Å². The van der Waals surface area contributed by atoms with Crippen molar-refractivity contribution in [3.63, 3.8) is 0 Å². The molecule has 0 saturated heterocycles. The number of aryl methyl sites for hydroxylation is 2. The van der Waals surface area contributed by atoms with Gasteiger partial charge in [0.05, 0.1) is 0 Å². The van der Waals surface area contributed by atoms with Crippen molar-refractivity contribution in [2.75, 3.05) is 0 Å². The average Bonchev–Trinajstić information content (AvgIpc) is 2.98. The Morgan fingerprint density at radius 1 is 0.773 bits per heavy atom. The Morgan fingerprint density at radius 2 is 1.18 bits per heavy atom. The Bertz CT molecular complexity index is 643. The molecule has 0 aliphatic carbocycles. The molecule has 0 saturated carbocycles. The molecule has 0 aromatic carbocycles. The maximum atomic E-state index is 4.61. The molecular formula is C13H13Cl3CoN5. The normalized spacial score (nSPS) is 8.82. The van der Waals surface area contributed by atoms with Gasteiger partial charge in [-0.2, -0.15) is 0 Å². The van der Waals surface area contributed by atoms with Crippen molar-refractivity contribution in [3.05, 3.63) is 43.0 Å². The fraction of sp³-hybridized carbons (Fsp3) is 0.154. The molecule has 0 aliphatic rings. The Hall–Kier alpha value is -1.05. The summed E-state index contributed by atoms with van der Waals surface area (Å²) in [5.41, 5.74) is 1.70. The van der Waals surface area contributed by atoms with Gasteiger partial charge in [0.1, 0.15) is 11.4 Å². The molecule has 3 aromatic rings. The molecule has 22 heavy (non-hydrogen) atoms. The molecule has 0 unspecified atom stereocenters. The maximum Gasteiger partial charge on any atom is 3.00 e. The number of hydrogen-bond acceptors (Lipinski definition) is 3. The zero-order valence-corrected chi connectivity index (χ0v) is 15.1. The van der Waals surface area contributed by atoms with E-state index in [1.54, 1.807) is 12.4 Å². The predicted molar refractivity (Wildman–Crippen MR) is 68.6 cm³/mol. The summed E-state index contributed by atoms with van der Waals surface area (Å²) in [6, 6.07) is 5.88. The zero-order chi connectivity index (χ0) is 12.5. The molecule has 120 valence electrons. The second kappa shape index (κ2) is 9.86. The van der Waals surface area contributed by atoms with E-state index < -0.39 is 0 Å². The van der Waals surface area contributed by atoms with Crippen LogP contribution in [0.15, 0.2) is 43.0 Å². The van der Waals surface area contributed by atoms with Gasteiger partial charge in [0.25, 0.3) is 0 Å². The van der Waals surface area contributed by atoms with Gasteiger partial charge in [0.15, 0.2) is 11.6 Å². The number of nitrogens with zero attached hydrogens (tertiary/aromatic N) is 5. The van der Waals surface area contributed by atoms with Crippen LogP contribution in [0.1, 0.15) is 0 Å². The summed E-state index contributed by atoms with van der Waals surface area (Å²) in [6.07, 6.45) is 7.35. The van der Waals surface area contributed by atoms with Crippen LogP contribution in [-0.2, 0) is 30.9 Å². The van der Waals surface area contributed by atoms with Crippen LogP contribution >= 0.6 is 0 Å². The minimum atomic E-state index is 0. The molecule has 9 heteroatoms.